The zero-order valence-electron chi connectivity index (χ0n) is 8.67. The molecule has 0 spiro atoms. The molecule has 0 bridgehead atoms. The standard InChI is InChI=1S/C11H21NO/c1-10-4-2-6-12(8-10)9-11-5-3-7-13-11/h10-11H,2-9H2,1H3/t10-,11+/m0/s1. The van der Waals surface area contributed by atoms with Crippen LogP contribution in [0.4, 0.5) is 0 Å². The third-order valence-electron chi connectivity index (χ3n) is 3.23. The molecule has 2 nitrogen and oxygen atoms in total. The van der Waals surface area contributed by atoms with Crippen molar-refractivity contribution in [3.63, 3.8) is 0 Å². The lowest BCUT2D eigenvalue weighted by molar-refractivity contribution is 0.0585. The van der Waals surface area contributed by atoms with Gasteiger partial charge in [-0.15, -0.1) is 0 Å². The Labute approximate surface area is 81.3 Å². The van der Waals surface area contributed by atoms with E-state index in [1.807, 2.05) is 0 Å². The van der Waals surface area contributed by atoms with Gasteiger partial charge in [-0.2, -0.15) is 0 Å². The van der Waals surface area contributed by atoms with Crippen LogP contribution in [0.2, 0.25) is 0 Å². The molecule has 0 unspecified atom stereocenters. The molecule has 0 saturated carbocycles. The lowest BCUT2D eigenvalue weighted by Gasteiger charge is -2.32. The first kappa shape index (κ1) is 9.47. The van der Waals surface area contributed by atoms with Crippen LogP contribution in [-0.4, -0.2) is 37.2 Å². The Bertz CT molecular complexity index is 154. The molecule has 0 radical (unpaired) electrons. The number of hydrogen-bond acceptors (Lipinski definition) is 2. The molecule has 2 fully saturated rings. The van der Waals surface area contributed by atoms with Gasteiger partial charge in [-0.05, 0) is 38.1 Å². The molecule has 2 atom stereocenters. The van der Waals surface area contributed by atoms with E-state index in [0.717, 1.165) is 12.5 Å². The first-order chi connectivity index (χ1) is 6.34. The molecule has 2 aliphatic heterocycles. The molecular formula is C11H21NO. The van der Waals surface area contributed by atoms with E-state index in [9.17, 15) is 0 Å². The minimum Gasteiger partial charge on any atom is -0.377 e. The van der Waals surface area contributed by atoms with E-state index in [-0.39, 0.29) is 0 Å². The van der Waals surface area contributed by atoms with Crippen molar-refractivity contribution >= 4 is 0 Å². The third-order valence-corrected chi connectivity index (χ3v) is 3.23. The van der Waals surface area contributed by atoms with Crippen LogP contribution in [0.5, 0.6) is 0 Å². The number of piperidine rings is 1. The molecule has 0 aromatic rings. The maximum atomic E-state index is 5.65. The van der Waals surface area contributed by atoms with Crippen LogP contribution in [0.25, 0.3) is 0 Å². The topological polar surface area (TPSA) is 12.5 Å². The number of likely N-dealkylation sites (tertiary alicyclic amines) is 1. The second-order valence-electron chi connectivity index (χ2n) is 4.64. The fourth-order valence-corrected chi connectivity index (χ4v) is 2.53. The van der Waals surface area contributed by atoms with Crippen molar-refractivity contribution in [3.8, 4) is 0 Å². The molecule has 13 heavy (non-hydrogen) atoms. The minimum atomic E-state index is 0.547. The Morgan fingerprint density at radius 2 is 2.23 bits per heavy atom. The lowest BCUT2D eigenvalue weighted by atomic mass is 10.00. The van der Waals surface area contributed by atoms with Crippen LogP contribution in [0.3, 0.4) is 0 Å². The number of nitrogens with zero attached hydrogens (tertiary/aromatic N) is 1. The van der Waals surface area contributed by atoms with Crippen molar-refractivity contribution in [2.45, 2.75) is 38.7 Å². The predicted molar refractivity (Wildman–Crippen MR) is 53.8 cm³/mol. The summed E-state index contributed by atoms with van der Waals surface area (Å²) in [5.74, 6) is 0.898. The second kappa shape index (κ2) is 4.43. The Morgan fingerprint density at radius 1 is 1.31 bits per heavy atom. The van der Waals surface area contributed by atoms with Gasteiger partial charge in [0.25, 0.3) is 0 Å². The van der Waals surface area contributed by atoms with Crippen molar-refractivity contribution < 1.29 is 4.74 Å². The van der Waals surface area contributed by atoms with E-state index in [0.29, 0.717) is 6.10 Å². The van der Waals surface area contributed by atoms with E-state index in [4.69, 9.17) is 4.74 Å². The Morgan fingerprint density at radius 3 is 2.92 bits per heavy atom. The monoisotopic (exact) mass is 183 g/mol. The SMILES string of the molecule is C[C@H]1CCCN(C[C@H]2CCCO2)C1. The maximum absolute atomic E-state index is 5.65. The molecule has 0 N–H and O–H groups in total. The number of hydrogen-bond donors (Lipinski definition) is 0. The van der Waals surface area contributed by atoms with Gasteiger partial charge in [-0.1, -0.05) is 6.92 Å². The average Bonchev–Trinajstić information content (AvgIpc) is 2.57. The molecule has 0 aromatic heterocycles. The molecule has 2 heterocycles. The van der Waals surface area contributed by atoms with Gasteiger partial charge in [0.15, 0.2) is 0 Å². The van der Waals surface area contributed by atoms with Crippen LogP contribution in [0, 0.1) is 5.92 Å². The summed E-state index contributed by atoms with van der Waals surface area (Å²) in [6.07, 6.45) is 5.90. The highest BCUT2D eigenvalue weighted by molar-refractivity contribution is 4.75. The predicted octanol–water partition coefficient (Wildman–Crippen LogP) is 1.90. The summed E-state index contributed by atoms with van der Waals surface area (Å²) >= 11 is 0. The largest absolute Gasteiger partial charge is 0.377 e. The highest BCUT2D eigenvalue weighted by Crippen LogP contribution is 2.19. The molecule has 2 saturated heterocycles. The molecule has 76 valence electrons. The van der Waals surface area contributed by atoms with E-state index in [1.54, 1.807) is 0 Å². The van der Waals surface area contributed by atoms with E-state index in [2.05, 4.69) is 11.8 Å². The van der Waals surface area contributed by atoms with Gasteiger partial charge < -0.3 is 9.64 Å². The van der Waals surface area contributed by atoms with Gasteiger partial charge in [0.2, 0.25) is 0 Å². The molecular weight excluding hydrogens is 162 g/mol. The summed E-state index contributed by atoms with van der Waals surface area (Å²) in [5.41, 5.74) is 0. The first-order valence-electron chi connectivity index (χ1n) is 5.68. The van der Waals surface area contributed by atoms with Crippen molar-refractivity contribution in [2.75, 3.05) is 26.2 Å². The van der Waals surface area contributed by atoms with Crippen LogP contribution >= 0.6 is 0 Å². The highest BCUT2D eigenvalue weighted by atomic mass is 16.5. The van der Waals surface area contributed by atoms with Crippen molar-refractivity contribution in [2.24, 2.45) is 5.92 Å². The summed E-state index contributed by atoms with van der Waals surface area (Å²) < 4.78 is 5.65. The van der Waals surface area contributed by atoms with Crippen LogP contribution in [-0.2, 0) is 4.74 Å². The second-order valence-corrected chi connectivity index (χ2v) is 4.64. The van der Waals surface area contributed by atoms with Gasteiger partial charge in [0, 0.05) is 19.7 Å². The van der Waals surface area contributed by atoms with Crippen LogP contribution in [0.15, 0.2) is 0 Å². The summed E-state index contributed by atoms with van der Waals surface area (Å²) in [5, 5.41) is 0. The number of ether oxygens (including phenoxy) is 1. The van der Waals surface area contributed by atoms with Crippen molar-refractivity contribution in [1.29, 1.82) is 0 Å². The smallest absolute Gasteiger partial charge is 0.0702 e. The normalized spacial score (nSPS) is 36.7. The fourth-order valence-electron chi connectivity index (χ4n) is 2.53. The van der Waals surface area contributed by atoms with Gasteiger partial charge in [0.1, 0.15) is 0 Å². The van der Waals surface area contributed by atoms with Gasteiger partial charge in [0.05, 0.1) is 6.10 Å². The molecule has 0 aromatic carbocycles. The molecule has 2 aliphatic rings. The van der Waals surface area contributed by atoms with Crippen LogP contribution < -0.4 is 0 Å². The lowest BCUT2D eigenvalue weighted by Crippen LogP contribution is -2.39. The van der Waals surface area contributed by atoms with Gasteiger partial charge in [-0.25, -0.2) is 0 Å². The Kier molecular flexibility index (Phi) is 3.23. The van der Waals surface area contributed by atoms with Crippen molar-refractivity contribution in [1.82, 2.24) is 4.90 Å². The quantitative estimate of drug-likeness (QED) is 0.648. The molecule has 2 rings (SSSR count). The number of rotatable bonds is 2. The minimum absolute atomic E-state index is 0.547. The van der Waals surface area contributed by atoms with E-state index in [1.165, 1.54) is 45.3 Å². The summed E-state index contributed by atoms with van der Waals surface area (Å²) in [7, 11) is 0. The third kappa shape index (κ3) is 2.68. The van der Waals surface area contributed by atoms with E-state index < -0.39 is 0 Å². The van der Waals surface area contributed by atoms with Gasteiger partial charge >= 0.3 is 0 Å². The fraction of sp³-hybridized carbons (Fsp3) is 1.00. The average molecular weight is 183 g/mol. The van der Waals surface area contributed by atoms with Gasteiger partial charge in [-0.3, -0.25) is 0 Å². The Hall–Kier alpha value is -0.0800. The summed E-state index contributed by atoms with van der Waals surface area (Å²) in [6.45, 7) is 7.13. The summed E-state index contributed by atoms with van der Waals surface area (Å²) in [4.78, 5) is 2.59. The first-order valence-corrected chi connectivity index (χ1v) is 5.68. The molecule has 0 amide bonds. The summed E-state index contributed by atoms with van der Waals surface area (Å²) in [6, 6.07) is 0. The van der Waals surface area contributed by atoms with Crippen LogP contribution in [0.1, 0.15) is 32.6 Å². The Balaban J connectivity index is 1.73. The molecule has 2 heteroatoms. The molecule has 0 aliphatic carbocycles. The maximum Gasteiger partial charge on any atom is 0.0702 e. The highest BCUT2D eigenvalue weighted by Gasteiger charge is 2.22. The zero-order chi connectivity index (χ0) is 9.10. The van der Waals surface area contributed by atoms with E-state index >= 15 is 0 Å². The zero-order valence-corrected chi connectivity index (χ0v) is 8.67. The van der Waals surface area contributed by atoms with Crippen molar-refractivity contribution in [3.05, 3.63) is 0 Å².